The van der Waals surface area contributed by atoms with Gasteiger partial charge in [0.05, 0.1) is 23.4 Å². The van der Waals surface area contributed by atoms with Crippen molar-refractivity contribution in [3.63, 3.8) is 0 Å². The Balaban J connectivity index is 1.52. The van der Waals surface area contributed by atoms with Crippen molar-refractivity contribution in [1.29, 1.82) is 0 Å². The highest BCUT2D eigenvalue weighted by Gasteiger charge is 2.35. The maximum Gasteiger partial charge on any atom is 0.573 e. The number of anilines is 1. The third kappa shape index (κ3) is 4.31. The lowest BCUT2D eigenvalue weighted by molar-refractivity contribution is -0.274. The van der Waals surface area contributed by atoms with E-state index in [9.17, 15) is 27.6 Å². The third-order valence-corrected chi connectivity index (χ3v) is 4.77. The molecule has 1 aliphatic rings. The summed E-state index contributed by atoms with van der Waals surface area (Å²) in [5.74, 6) is -2.08. The highest BCUT2D eigenvalue weighted by Crippen LogP contribution is 2.30. The molecule has 3 aromatic carbocycles. The van der Waals surface area contributed by atoms with E-state index in [0.29, 0.717) is 16.7 Å². The number of rotatable bonds is 5. The lowest BCUT2D eigenvalue weighted by Crippen LogP contribution is -2.29. The normalized spacial score (nSPS) is 13.2. The molecule has 3 aromatic rings. The molecule has 32 heavy (non-hydrogen) atoms. The number of imide groups is 1. The first-order chi connectivity index (χ1) is 15.2. The van der Waals surface area contributed by atoms with Crippen LogP contribution in [0.3, 0.4) is 0 Å². The van der Waals surface area contributed by atoms with Gasteiger partial charge in [0.25, 0.3) is 17.7 Å². The molecule has 0 fully saturated rings. The van der Waals surface area contributed by atoms with Crippen molar-refractivity contribution >= 4 is 23.4 Å². The standard InChI is InChI=1S/C23H15F3N2O4/c24-23(25,26)32-19-11-4-3-10-18(19)27-20(29)15-7-5-6-14(12-15)13-28-21(30)16-8-1-2-9-17(16)22(28)31/h1-12H,13H2,(H,27,29). The van der Waals surface area contributed by atoms with Crippen molar-refractivity contribution in [2.24, 2.45) is 0 Å². The minimum absolute atomic E-state index is 0.0543. The van der Waals surface area contributed by atoms with Crippen LogP contribution in [0.4, 0.5) is 18.9 Å². The Bertz CT molecular complexity index is 1190. The second-order valence-electron chi connectivity index (χ2n) is 6.94. The first-order valence-electron chi connectivity index (χ1n) is 9.43. The number of alkyl halides is 3. The molecule has 1 aliphatic heterocycles. The number of amides is 3. The molecule has 0 radical (unpaired) electrons. The van der Waals surface area contributed by atoms with Gasteiger partial charge in [0, 0.05) is 5.56 Å². The number of fused-ring (bicyclic) bond motifs is 1. The Morgan fingerprint density at radius 2 is 1.50 bits per heavy atom. The second kappa shape index (κ2) is 8.18. The molecule has 1 heterocycles. The molecular formula is C23H15F3N2O4. The SMILES string of the molecule is O=C(Nc1ccccc1OC(F)(F)F)c1cccc(CN2C(=O)c3ccccc3C2=O)c1. The predicted octanol–water partition coefficient (Wildman–Crippen LogP) is 4.63. The van der Waals surface area contributed by atoms with Crippen LogP contribution in [-0.2, 0) is 6.54 Å². The number of hydrogen-bond donors (Lipinski definition) is 1. The van der Waals surface area contributed by atoms with E-state index < -0.39 is 29.8 Å². The van der Waals surface area contributed by atoms with Gasteiger partial charge in [0.15, 0.2) is 5.75 Å². The Morgan fingerprint density at radius 3 is 2.16 bits per heavy atom. The third-order valence-electron chi connectivity index (χ3n) is 4.77. The van der Waals surface area contributed by atoms with Gasteiger partial charge in [-0.05, 0) is 42.0 Å². The molecule has 0 aliphatic carbocycles. The van der Waals surface area contributed by atoms with Crippen LogP contribution in [0, 0.1) is 0 Å². The fourth-order valence-electron chi connectivity index (χ4n) is 3.35. The molecule has 4 rings (SSSR count). The molecule has 3 amide bonds. The zero-order valence-electron chi connectivity index (χ0n) is 16.3. The maximum atomic E-state index is 12.6. The number of para-hydroxylation sites is 2. The van der Waals surface area contributed by atoms with Crippen molar-refractivity contribution in [1.82, 2.24) is 4.90 Å². The van der Waals surface area contributed by atoms with E-state index in [4.69, 9.17) is 0 Å². The molecule has 0 saturated heterocycles. The topological polar surface area (TPSA) is 75.7 Å². The van der Waals surface area contributed by atoms with Gasteiger partial charge >= 0.3 is 6.36 Å². The van der Waals surface area contributed by atoms with Gasteiger partial charge in [0.2, 0.25) is 0 Å². The van der Waals surface area contributed by atoms with Gasteiger partial charge in [-0.2, -0.15) is 0 Å². The van der Waals surface area contributed by atoms with E-state index >= 15 is 0 Å². The van der Waals surface area contributed by atoms with Crippen LogP contribution in [0.5, 0.6) is 5.75 Å². The van der Waals surface area contributed by atoms with Gasteiger partial charge in [-0.1, -0.05) is 36.4 Å². The summed E-state index contributed by atoms with van der Waals surface area (Å²) in [7, 11) is 0. The number of carbonyl (C=O) groups is 3. The van der Waals surface area contributed by atoms with Crippen LogP contribution in [0.1, 0.15) is 36.6 Å². The van der Waals surface area contributed by atoms with Gasteiger partial charge in [-0.25, -0.2) is 0 Å². The van der Waals surface area contributed by atoms with E-state index in [1.165, 1.54) is 30.3 Å². The summed E-state index contributed by atoms with van der Waals surface area (Å²) in [5.41, 5.74) is 1.12. The molecule has 0 unspecified atom stereocenters. The number of carbonyl (C=O) groups excluding carboxylic acids is 3. The maximum absolute atomic E-state index is 12.6. The zero-order valence-corrected chi connectivity index (χ0v) is 16.3. The lowest BCUT2D eigenvalue weighted by Gasteiger charge is -2.15. The van der Waals surface area contributed by atoms with Crippen molar-refractivity contribution in [2.75, 3.05) is 5.32 Å². The lowest BCUT2D eigenvalue weighted by atomic mass is 10.1. The number of benzene rings is 3. The van der Waals surface area contributed by atoms with Crippen molar-refractivity contribution in [3.05, 3.63) is 95.1 Å². The summed E-state index contributed by atoms with van der Waals surface area (Å²) in [4.78, 5) is 38.8. The van der Waals surface area contributed by atoms with Gasteiger partial charge < -0.3 is 10.1 Å². The molecular weight excluding hydrogens is 425 g/mol. The molecule has 9 heteroatoms. The van der Waals surface area contributed by atoms with E-state index in [1.807, 2.05) is 0 Å². The van der Waals surface area contributed by atoms with E-state index in [2.05, 4.69) is 10.1 Å². The Hall–Kier alpha value is -4.14. The Morgan fingerprint density at radius 1 is 0.875 bits per heavy atom. The number of nitrogens with zero attached hydrogens (tertiary/aromatic N) is 1. The first-order valence-corrected chi connectivity index (χ1v) is 9.43. The number of ether oxygens (including phenoxy) is 1. The summed E-state index contributed by atoms with van der Waals surface area (Å²) in [5, 5.41) is 2.39. The monoisotopic (exact) mass is 440 g/mol. The predicted molar refractivity (Wildman–Crippen MR) is 108 cm³/mol. The molecule has 0 aromatic heterocycles. The number of halogens is 3. The number of nitrogens with one attached hydrogen (secondary N) is 1. The Kier molecular flexibility index (Phi) is 5.40. The van der Waals surface area contributed by atoms with Crippen LogP contribution in [0.15, 0.2) is 72.8 Å². The first kappa shape index (κ1) is 21.1. The smallest absolute Gasteiger partial charge is 0.404 e. The molecule has 0 atom stereocenters. The summed E-state index contributed by atoms with van der Waals surface area (Å²) in [6.45, 7) is -0.0543. The molecule has 0 spiro atoms. The van der Waals surface area contributed by atoms with Crippen LogP contribution in [-0.4, -0.2) is 29.0 Å². The van der Waals surface area contributed by atoms with Crippen molar-refractivity contribution in [2.45, 2.75) is 12.9 Å². The molecule has 1 N–H and O–H groups in total. The summed E-state index contributed by atoms with van der Waals surface area (Å²) in [6, 6.07) is 17.8. The quantitative estimate of drug-likeness (QED) is 0.587. The highest BCUT2D eigenvalue weighted by atomic mass is 19.4. The largest absolute Gasteiger partial charge is 0.573 e. The second-order valence-corrected chi connectivity index (χ2v) is 6.94. The van der Waals surface area contributed by atoms with Crippen LogP contribution < -0.4 is 10.1 Å². The number of hydrogen-bond acceptors (Lipinski definition) is 4. The van der Waals surface area contributed by atoms with E-state index in [-0.39, 0.29) is 17.8 Å². The average Bonchev–Trinajstić information content (AvgIpc) is 2.99. The summed E-state index contributed by atoms with van der Waals surface area (Å²) >= 11 is 0. The Labute approximate surface area is 180 Å². The fraction of sp³-hybridized carbons (Fsp3) is 0.0870. The van der Waals surface area contributed by atoms with E-state index in [1.54, 1.807) is 36.4 Å². The summed E-state index contributed by atoms with van der Waals surface area (Å²) in [6.07, 6.45) is -4.91. The van der Waals surface area contributed by atoms with Crippen LogP contribution >= 0.6 is 0 Å². The zero-order chi connectivity index (χ0) is 22.9. The van der Waals surface area contributed by atoms with Gasteiger partial charge in [-0.15, -0.1) is 13.2 Å². The molecule has 162 valence electrons. The van der Waals surface area contributed by atoms with Crippen LogP contribution in [0.25, 0.3) is 0 Å². The average molecular weight is 440 g/mol. The van der Waals surface area contributed by atoms with Crippen molar-refractivity contribution in [3.8, 4) is 5.75 Å². The molecule has 0 bridgehead atoms. The molecule has 6 nitrogen and oxygen atoms in total. The van der Waals surface area contributed by atoms with Gasteiger partial charge in [0.1, 0.15) is 0 Å². The van der Waals surface area contributed by atoms with Crippen LogP contribution in [0.2, 0.25) is 0 Å². The highest BCUT2D eigenvalue weighted by molar-refractivity contribution is 6.21. The van der Waals surface area contributed by atoms with Gasteiger partial charge in [-0.3, -0.25) is 19.3 Å². The van der Waals surface area contributed by atoms with E-state index in [0.717, 1.165) is 11.0 Å². The van der Waals surface area contributed by atoms with Crippen molar-refractivity contribution < 1.29 is 32.3 Å². The minimum Gasteiger partial charge on any atom is -0.404 e. The summed E-state index contributed by atoms with van der Waals surface area (Å²) < 4.78 is 41.7. The molecule has 0 saturated carbocycles. The minimum atomic E-state index is -4.91. The fourth-order valence-corrected chi connectivity index (χ4v) is 3.35.